The monoisotopic (exact) mass is 586 g/mol. The number of carbonyl (C=O) groups excluding carboxylic acids is 2. The molecule has 0 unspecified atom stereocenters. The first-order chi connectivity index (χ1) is 21.0. The molecule has 11 nitrogen and oxygen atoms in total. The fourth-order valence-corrected chi connectivity index (χ4v) is 6.57. The van der Waals surface area contributed by atoms with Gasteiger partial charge in [0.25, 0.3) is 5.91 Å². The van der Waals surface area contributed by atoms with Crippen molar-refractivity contribution in [1.82, 2.24) is 29.1 Å². The van der Waals surface area contributed by atoms with Crippen LogP contribution < -0.4 is 21.4 Å². The molecule has 0 bridgehead atoms. The molecule has 2 fully saturated rings. The number of aromatic nitrogens is 3. The Labute approximate surface area is 251 Å². The Bertz CT molecular complexity index is 1700. The number of pyridine rings is 2. The highest BCUT2D eigenvalue weighted by atomic mass is 16.2. The minimum absolute atomic E-state index is 0.140. The van der Waals surface area contributed by atoms with Crippen LogP contribution in [0.4, 0.5) is 5.82 Å². The van der Waals surface area contributed by atoms with Gasteiger partial charge in [-0.1, -0.05) is 18.6 Å². The Hall–Kier alpha value is -3.96. The minimum Gasteiger partial charge on any atom is -0.353 e. The molecule has 0 atom stereocenters. The Morgan fingerprint density at radius 1 is 0.930 bits per heavy atom. The van der Waals surface area contributed by atoms with E-state index in [1.54, 1.807) is 6.07 Å². The summed E-state index contributed by atoms with van der Waals surface area (Å²) >= 11 is 0. The Balaban J connectivity index is 1.31. The van der Waals surface area contributed by atoms with E-state index in [0.29, 0.717) is 62.4 Å². The summed E-state index contributed by atoms with van der Waals surface area (Å²) in [5.41, 5.74) is 8.25. The number of piperazine rings is 1. The number of benzene rings is 1. The van der Waals surface area contributed by atoms with Gasteiger partial charge in [-0.15, -0.1) is 0 Å². The van der Waals surface area contributed by atoms with Crippen LogP contribution in [0.25, 0.3) is 27.7 Å². The summed E-state index contributed by atoms with van der Waals surface area (Å²) in [6.45, 7) is 6.63. The molecule has 11 heteroatoms. The van der Waals surface area contributed by atoms with Crippen LogP contribution in [-0.2, 0) is 11.8 Å². The summed E-state index contributed by atoms with van der Waals surface area (Å²) in [4.78, 5) is 51.7. The van der Waals surface area contributed by atoms with Crippen LogP contribution in [0.5, 0.6) is 0 Å². The third-order valence-electron chi connectivity index (χ3n) is 8.97. The summed E-state index contributed by atoms with van der Waals surface area (Å²) in [5, 5.41) is 3.43. The summed E-state index contributed by atoms with van der Waals surface area (Å²) in [6, 6.07) is 11.6. The van der Waals surface area contributed by atoms with Crippen molar-refractivity contribution in [1.29, 1.82) is 0 Å². The number of imidazole rings is 1. The number of hydrogen-bond acceptors (Lipinski definition) is 7. The highest BCUT2D eigenvalue weighted by Crippen LogP contribution is 2.27. The number of hydrogen-bond donors (Lipinski definition) is 2. The van der Waals surface area contributed by atoms with Crippen molar-refractivity contribution in [2.24, 2.45) is 12.8 Å². The summed E-state index contributed by atoms with van der Waals surface area (Å²) < 4.78 is 3.86. The number of carbonyl (C=O) groups is 2. The zero-order chi connectivity index (χ0) is 29.9. The van der Waals surface area contributed by atoms with E-state index in [1.165, 1.54) is 12.8 Å². The van der Waals surface area contributed by atoms with Crippen molar-refractivity contribution >= 4 is 45.3 Å². The second kappa shape index (κ2) is 12.7. The van der Waals surface area contributed by atoms with Crippen LogP contribution in [-0.4, -0.2) is 94.5 Å². The molecular formula is C32H42N8O3. The average molecular weight is 587 g/mol. The van der Waals surface area contributed by atoms with Crippen LogP contribution in [0.15, 0.2) is 41.2 Å². The first-order valence-corrected chi connectivity index (χ1v) is 15.6. The zero-order valence-electron chi connectivity index (χ0n) is 25.1. The molecule has 228 valence electrons. The van der Waals surface area contributed by atoms with Gasteiger partial charge in [-0.2, -0.15) is 0 Å². The smallest absolute Gasteiger partial charge is 0.259 e. The second-order valence-electron chi connectivity index (χ2n) is 11.7. The molecule has 5 heterocycles. The predicted octanol–water partition coefficient (Wildman–Crippen LogP) is 2.33. The minimum atomic E-state index is -0.359. The lowest BCUT2D eigenvalue weighted by Crippen LogP contribution is -2.49. The Kier molecular flexibility index (Phi) is 8.62. The number of fused-ring (bicyclic) bond motifs is 5. The molecule has 3 N–H and O–H groups in total. The zero-order valence-corrected chi connectivity index (χ0v) is 25.1. The van der Waals surface area contributed by atoms with Crippen molar-refractivity contribution < 1.29 is 9.59 Å². The molecule has 0 spiro atoms. The number of amides is 2. The maximum Gasteiger partial charge on any atom is 0.259 e. The summed E-state index contributed by atoms with van der Waals surface area (Å²) in [5.74, 6) is 0.590. The molecule has 4 aromatic rings. The van der Waals surface area contributed by atoms with Crippen molar-refractivity contribution in [2.45, 2.75) is 38.5 Å². The van der Waals surface area contributed by atoms with Gasteiger partial charge in [0, 0.05) is 52.7 Å². The molecule has 0 saturated carbocycles. The molecule has 3 aromatic heterocycles. The fraction of sp³-hybridized carbons (Fsp3) is 0.500. The molecule has 43 heavy (non-hydrogen) atoms. The van der Waals surface area contributed by atoms with E-state index >= 15 is 0 Å². The van der Waals surface area contributed by atoms with Crippen LogP contribution in [0.2, 0.25) is 0 Å². The second-order valence-corrected chi connectivity index (χ2v) is 11.7. The van der Waals surface area contributed by atoms with Gasteiger partial charge in [0.1, 0.15) is 17.0 Å². The first-order valence-electron chi connectivity index (χ1n) is 15.6. The summed E-state index contributed by atoms with van der Waals surface area (Å²) in [7, 11) is 1.89. The number of anilines is 1. The van der Waals surface area contributed by atoms with Gasteiger partial charge < -0.3 is 30.3 Å². The molecule has 6 rings (SSSR count). The van der Waals surface area contributed by atoms with Crippen LogP contribution in [0.1, 0.15) is 48.9 Å². The van der Waals surface area contributed by atoms with Gasteiger partial charge in [0.2, 0.25) is 11.3 Å². The number of likely N-dealkylation sites (tertiary alicyclic amines) is 1. The predicted molar refractivity (Wildman–Crippen MR) is 170 cm³/mol. The topological polar surface area (TPSA) is 121 Å². The quantitative estimate of drug-likeness (QED) is 0.274. The molecule has 2 amide bonds. The lowest BCUT2D eigenvalue weighted by molar-refractivity contribution is -0.131. The van der Waals surface area contributed by atoms with Crippen LogP contribution in [0.3, 0.4) is 0 Å². The molecule has 2 aliphatic heterocycles. The van der Waals surface area contributed by atoms with Crippen molar-refractivity contribution in [2.75, 3.05) is 63.8 Å². The van der Waals surface area contributed by atoms with E-state index in [-0.39, 0.29) is 22.8 Å². The Morgan fingerprint density at radius 3 is 2.42 bits per heavy atom. The lowest BCUT2D eigenvalue weighted by Gasteiger charge is -2.35. The van der Waals surface area contributed by atoms with Crippen molar-refractivity contribution in [3.05, 3.63) is 52.2 Å². The third-order valence-corrected chi connectivity index (χ3v) is 8.97. The molecular weight excluding hydrogens is 544 g/mol. The highest BCUT2D eigenvalue weighted by molar-refractivity contribution is 6.05. The number of nitrogens with zero attached hydrogens (tertiary/aromatic N) is 6. The van der Waals surface area contributed by atoms with Gasteiger partial charge >= 0.3 is 0 Å². The van der Waals surface area contributed by atoms with E-state index in [1.807, 2.05) is 51.2 Å². The Morgan fingerprint density at radius 2 is 1.67 bits per heavy atom. The number of nitrogens with two attached hydrogens (primary N) is 1. The number of aryl methyl sites for hydroxylation is 1. The first kappa shape index (κ1) is 29.1. The van der Waals surface area contributed by atoms with E-state index < -0.39 is 0 Å². The highest BCUT2D eigenvalue weighted by Gasteiger charge is 2.26. The van der Waals surface area contributed by atoms with Gasteiger partial charge in [0.05, 0.1) is 16.4 Å². The van der Waals surface area contributed by atoms with Crippen molar-refractivity contribution in [3.63, 3.8) is 0 Å². The molecule has 1 aromatic carbocycles. The van der Waals surface area contributed by atoms with Crippen LogP contribution in [0, 0.1) is 0 Å². The summed E-state index contributed by atoms with van der Waals surface area (Å²) in [6.07, 6.45) is 5.74. The third kappa shape index (κ3) is 5.71. The van der Waals surface area contributed by atoms with Gasteiger partial charge in [-0.3, -0.25) is 18.8 Å². The van der Waals surface area contributed by atoms with Gasteiger partial charge in [-0.05, 0) is 69.6 Å². The number of nitrogens with one attached hydrogen (secondary N) is 1. The normalized spacial score (nSPS) is 16.1. The molecule has 0 aliphatic carbocycles. The van der Waals surface area contributed by atoms with E-state index in [9.17, 15) is 14.4 Å². The largest absolute Gasteiger partial charge is 0.353 e. The SMILES string of the molecule is Cn1c2ccccc2n2c3nc(N4CCN(C(=O)CCCCCN)CC4)ccc3c(=O)c(C(=O)NCCN3CCCC3)c12. The van der Waals surface area contributed by atoms with E-state index in [2.05, 4.69) is 15.1 Å². The van der Waals surface area contributed by atoms with Crippen LogP contribution >= 0.6 is 0 Å². The standard InChI is InChI=1S/C32H42N8O3/c1-36-24-9-4-5-10-25(24)40-30-23(29(42)28(32(36)40)31(43)34-15-18-37-16-7-8-17-37)12-13-26(35-30)38-19-21-39(22-20-38)27(41)11-3-2-6-14-33/h4-5,9-10,12-13H,2-3,6-8,11,14-22,33H2,1H3,(H,34,43). The maximum atomic E-state index is 14.0. The fourth-order valence-electron chi connectivity index (χ4n) is 6.57. The van der Waals surface area contributed by atoms with Gasteiger partial charge in [0.15, 0.2) is 5.65 Å². The van der Waals surface area contributed by atoms with Crippen molar-refractivity contribution in [3.8, 4) is 0 Å². The van der Waals surface area contributed by atoms with Gasteiger partial charge in [-0.25, -0.2) is 4.98 Å². The lowest BCUT2D eigenvalue weighted by atomic mass is 10.1. The number of rotatable bonds is 10. The average Bonchev–Trinajstić information content (AvgIpc) is 3.66. The van der Waals surface area contributed by atoms with E-state index in [0.717, 1.165) is 55.7 Å². The maximum absolute atomic E-state index is 14.0. The molecule has 2 aliphatic rings. The molecule has 2 saturated heterocycles. The number of para-hydroxylation sites is 2. The van der Waals surface area contributed by atoms with E-state index in [4.69, 9.17) is 10.7 Å². The number of unbranched alkanes of at least 4 members (excludes halogenated alkanes) is 2. The molecule has 0 radical (unpaired) electrons.